The van der Waals surface area contributed by atoms with Gasteiger partial charge in [-0.3, -0.25) is 4.79 Å². The molecule has 2 N–H and O–H groups in total. The molecule has 0 saturated carbocycles. The first-order valence-electron chi connectivity index (χ1n) is 6.52. The van der Waals surface area contributed by atoms with Gasteiger partial charge in [-0.05, 0) is 25.8 Å². The van der Waals surface area contributed by atoms with Crippen molar-refractivity contribution >= 4 is 5.91 Å². The van der Waals surface area contributed by atoms with Crippen molar-refractivity contribution in [2.45, 2.75) is 46.6 Å². The minimum absolute atomic E-state index is 0.227. The molecule has 1 heterocycles. The highest BCUT2D eigenvalue weighted by Gasteiger charge is 2.19. The predicted molar refractivity (Wildman–Crippen MR) is 70.6 cm³/mol. The second kappa shape index (κ2) is 6.59. The Bertz CT molecular complexity index is 394. The fourth-order valence-electron chi connectivity index (χ4n) is 2.14. The monoisotopic (exact) mass is 253 g/mol. The molecule has 18 heavy (non-hydrogen) atoms. The summed E-state index contributed by atoms with van der Waals surface area (Å²) in [6.45, 7) is 7.99. The van der Waals surface area contributed by atoms with E-state index in [2.05, 4.69) is 5.32 Å². The standard InChI is InChI=1S/C14H23NO3/c1-5-11(6-2)12(16)8-15-14(17)13-9(3)7-10(4)18-13/h7,11-12,16H,5-6,8H2,1-4H3,(H,15,17). The summed E-state index contributed by atoms with van der Waals surface area (Å²) < 4.78 is 5.33. The predicted octanol–water partition coefficient (Wildman–Crippen LogP) is 2.42. The second-order valence-electron chi connectivity index (χ2n) is 4.72. The van der Waals surface area contributed by atoms with Crippen molar-refractivity contribution in [3.63, 3.8) is 0 Å². The molecular formula is C14H23NO3. The van der Waals surface area contributed by atoms with Crippen LogP contribution in [0.1, 0.15) is 48.6 Å². The summed E-state index contributed by atoms with van der Waals surface area (Å²) in [7, 11) is 0. The van der Waals surface area contributed by atoms with Crippen molar-refractivity contribution in [1.82, 2.24) is 5.32 Å². The first-order chi connectivity index (χ1) is 8.49. The van der Waals surface area contributed by atoms with E-state index in [0.29, 0.717) is 5.76 Å². The fourth-order valence-corrected chi connectivity index (χ4v) is 2.14. The number of hydrogen-bond donors (Lipinski definition) is 2. The zero-order chi connectivity index (χ0) is 13.7. The number of rotatable bonds is 6. The van der Waals surface area contributed by atoms with E-state index in [9.17, 15) is 9.90 Å². The number of carbonyl (C=O) groups is 1. The summed E-state index contributed by atoms with van der Waals surface area (Å²) >= 11 is 0. The molecule has 0 saturated heterocycles. The molecule has 102 valence electrons. The van der Waals surface area contributed by atoms with Crippen molar-refractivity contribution in [2.75, 3.05) is 6.54 Å². The molecule has 1 amide bonds. The number of aliphatic hydroxyl groups is 1. The van der Waals surface area contributed by atoms with E-state index >= 15 is 0 Å². The molecule has 1 atom stereocenters. The molecule has 0 aromatic carbocycles. The highest BCUT2D eigenvalue weighted by Crippen LogP contribution is 2.15. The van der Waals surface area contributed by atoms with Crippen LogP contribution < -0.4 is 5.32 Å². The average Bonchev–Trinajstić information content (AvgIpc) is 2.67. The molecule has 0 aliphatic heterocycles. The van der Waals surface area contributed by atoms with Crippen LogP contribution in [0.4, 0.5) is 0 Å². The largest absolute Gasteiger partial charge is 0.456 e. The van der Waals surface area contributed by atoms with Crippen LogP contribution in [0.3, 0.4) is 0 Å². The van der Waals surface area contributed by atoms with Gasteiger partial charge in [-0.1, -0.05) is 26.7 Å². The van der Waals surface area contributed by atoms with Crippen LogP contribution in [0.5, 0.6) is 0 Å². The minimum atomic E-state index is -0.500. The lowest BCUT2D eigenvalue weighted by molar-refractivity contribution is 0.0795. The van der Waals surface area contributed by atoms with Crippen molar-refractivity contribution in [1.29, 1.82) is 0 Å². The van der Waals surface area contributed by atoms with Crippen LogP contribution in [-0.2, 0) is 0 Å². The minimum Gasteiger partial charge on any atom is -0.456 e. The highest BCUT2D eigenvalue weighted by molar-refractivity contribution is 5.92. The van der Waals surface area contributed by atoms with E-state index in [1.165, 1.54) is 0 Å². The summed E-state index contributed by atoms with van der Waals surface area (Å²) in [4.78, 5) is 11.9. The van der Waals surface area contributed by atoms with Crippen LogP contribution in [-0.4, -0.2) is 23.7 Å². The third kappa shape index (κ3) is 3.60. The highest BCUT2D eigenvalue weighted by atomic mass is 16.3. The Morgan fingerprint density at radius 3 is 2.44 bits per heavy atom. The van der Waals surface area contributed by atoms with Gasteiger partial charge in [-0.25, -0.2) is 0 Å². The third-order valence-electron chi connectivity index (χ3n) is 3.31. The molecule has 0 aliphatic carbocycles. The number of hydrogen-bond acceptors (Lipinski definition) is 3. The van der Waals surface area contributed by atoms with Crippen LogP contribution in [0.15, 0.2) is 10.5 Å². The average molecular weight is 253 g/mol. The van der Waals surface area contributed by atoms with Gasteiger partial charge in [0.25, 0.3) is 5.91 Å². The van der Waals surface area contributed by atoms with Crippen LogP contribution in [0.2, 0.25) is 0 Å². The van der Waals surface area contributed by atoms with Gasteiger partial charge < -0.3 is 14.8 Å². The number of carbonyl (C=O) groups excluding carboxylic acids is 1. The second-order valence-corrected chi connectivity index (χ2v) is 4.72. The van der Waals surface area contributed by atoms with E-state index in [0.717, 1.165) is 24.2 Å². The number of amides is 1. The van der Waals surface area contributed by atoms with Gasteiger partial charge in [-0.2, -0.15) is 0 Å². The lowest BCUT2D eigenvalue weighted by Gasteiger charge is -2.20. The SMILES string of the molecule is CCC(CC)C(O)CNC(=O)c1oc(C)cc1C. The Hall–Kier alpha value is -1.29. The van der Waals surface area contributed by atoms with Crippen LogP contribution in [0, 0.1) is 19.8 Å². The maximum Gasteiger partial charge on any atom is 0.287 e. The number of nitrogens with one attached hydrogen (secondary N) is 1. The molecule has 0 radical (unpaired) electrons. The van der Waals surface area contributed by atoms with E-state index < -0.39 is 6.10 Å². The zero-order valence-electron chi connectivity index (χ0n) is 11.6. The number of furan rings is 1. The van der Waals surface area contributed by atoms with E-state index in [1.807, 2.05) is 33.8 Å². The number of aryl methyl sites for hydroxylation is 2. The molecule has 0 aliphatic rings. The molecule has 0 fully saturated rings. The van der Waals surface area contributed by atoms with Gasteiger partial charge >= 0.3 is 0 Å². The van der Waals surface area contributed by atoms with Gasteiger partial charge in [0.2, 0.25) is 0 Å². The Morgan fingerprint density at radius 1 is 1.39 bits per heavy atom. The van der Waals surface area contributed by atoms with E-state index in [1.54, 1.807) is 0 Å². The van der Waals surface area contributed by atoms with Crippen LogP contribution in [0.25, 0.3) is 0 Å². The van der Waals surface area contributed by atoms with Gasteiger partial charge in [0.15, 0.2) is 5.76 Å². The summed E-state index contributed by atoms with van der Waals surface area (Å²) in [5.74, 6) is 1.03. The molecule has 4 heteroatoms. The smallest absolute Gasteiger partial charge is 0.287 e. The molecular weight excluding hydrogens is 230 g/mol. The summed E-state index contributed by atoms with van der Waals surface area (Å²) in [6.07, 6.45) is 1.32. The quantitative estimate of drug-likeness (QED) is 0.818. The molecule has 1 unspecified atom stereocenters. The summed E-state index contributed by atoms with van der Waals surface area (Å²) in [5, 5.41) is 12.7. The van der Waals surface area contributed by atoms with E-state index in [-0.39, 0.29) is 18.4 Å². The maximum absolute atomic E-state index is 11.9. The Balaban J connectivity index is 2.53. The molecule has 0 spiro atoms. The number of aliphatic hydroxyl groups excluding tert-OH is 1. The molecule has 1 aromatic rings. The fraction of sp³-hybridized carbons (Fsp3) is 0.643. The van der Waals surface area contributed by atoms with Gasteiger partial charge in [0, 0.05) is 12.1 Å². The zero-order valence-corrected chi connectivity index (χ0v) is 11.6. The van der Waals surface area contributed by atoms with E-state index in [4.69, 9.17) is 4.42 Å². The summed E-state index contributed by atoms with van der Waals surface area (Å²) in [5.41, 5.74) is 0.821. The van der Waals surface area contributed by atoms with Gasteiger partial charge in [0.1, 0.15) is 5.76 Å². The normalized spacial score (nSPS) is 12.8. The molecule has 4 nitrogen and oxygen atoms in total. The van der Waals surface area contributed by atoms with Crippen molar-refractivity contribution in [3.05, 3.63) is 23.2 Å². The Morgan fingerprint density at radius 2 is 2.00 bits per heavy atom. The first kappa shape index (κ1) is 14.8. The van der Waals surface area contributed by atoms with Crippen molar-refractivity contribution in [2.24, 2.45) is 5.92 Å². The lowest BCUT2D eigenvalue weighted by Crippen LogP contribution is -2.36. The Kier molecular flexibility index (Phi) is 5.41. The lowest BCUT2D eigenvalue weighted by atomic mass is 9.96. The first-order valence-corrected chi connectivity index (χ1v) is 6.52. The van der Waals surface area contributed by atoms with Crippen LogP contribution >= 0.6 is 0 Å². The molecule has 1 aromatic heterocycles. The van der Waals surface area contributed by atoms with Gasteiger partial charge in [-0.15, -0.1) is 0 Å². The topological polar surface area (TPSA) is 62.5 Å². The summed E-state index contributed by atoms with van der Waals surface area (Å²) in [6, 6.07) is 1.83. The third-order valence-corrected chi connectivity index (χ3v) is 3.31. The van der Waals surface area contributed by atoms with Crippen molar-refractivity contribution < 1.29 is 14.3 Å². The van der Waals surface area contributed by atoms with Gasteiger partial charge in [0.05, 0.1) is 6.10 Å². The van der Waals surface area contributed by atoms with Crippen molar-refractivity contribution in [3.8, 4) is 0 Å². The molecule has 1 rings (SSSR count). The Labute approximate surface area is 108 Å². The maximum atomic E-state index is 11.9. The molecule has 0 bridgehead atoms.